The largest absolute Gasteiger partial charge is 0.486 e. The summed E-state index contributed by atoms with van der Waals surface area (Å²) in [5.74, 6) is 0.968. The number of carbonyl (C=O) groups is 2. The molecule has 1 fully saturated rings. The highest BCUT2D eigenvalue weighted by molar-refractivity contribution is 5.99. The number of ether oxygens (including phenoxy) is 2. The minimum absolute atomic E-state index is 0.0589. The van der Waals surface area contributed by atoms with Gasteiger partial charge in [-0.05, 0) is 30.3 Å². The van der Waals surface area contributed by atoms with Crippen LogP contribution >= 0.6 is 0 Å². The van der Waals surface area contributed by atoms with Crippen molar-refractivity contribution in [2.45, 2.75) is 0 Å². The number of fused-ring (bicyclic) bond motifs is 1. The molecule has 2 aliphatic heterocycles. The second kappa shape index (κ2) is 7.48. The lowest BCUT2D eigenvalue weighted by Crippen LogP contribution is -2.37. The molecule has 0 unspecified atom stereocenters. The van der Waals surface area contributed by atoms with Gasteiger partial charge in [0.15, 0.2) is 11.5 Å². The van der Waals surface area contributed by atoms with Crippen molar-refractivity contribution in [3.63, 3.8) is 0 Å². The van der Waals surface area contributed by atoms with Crippen molar-refractivity contribution in [2.75, 3.05) is 43.1 Å². The molecule has 0 bridgehead atoms. The Balaban J connectivity index is 1.40. The maximum atomic E-state index is 12.7. The van der Waals surface area contributed by atoms with Gasteiger partial charge >= 0.3 is 6.03 Å². The van der Waals surface area contributed by atoms with E-state index in [0.29, 0.717) is 54.7 Å². The third-order valence-corrected chi connectivity index (χ3v) is 4.54. The zero-order valence-electron chi connectivity index (χ0n) is 15.1. The van der Waals surface area contributed by atoms with Gasteiger partial charge in [-0.25, -0.2) is 4.79 Å². The molecule has 1 saturated heterocycles. The van der Waals surface area contributed by atoms with Crippen LogP contribution in [0.25, 0.3) is 0 Å². The topological polar surface area (TPSA) is 94.9 Å². The molecule has 0 aliphatic carbocycles. The zero-order valence-corrected chi connectivity index (χ0v) is 15.1. The van der Waals surface area contributed by atoms with Gasteiger partial charge in [0.2, 0.25) is 5.91 Å². The molecule has 8 heteroatoms. The average Bonchev–Trinajstić information content (AvgIpc) is 3.07. The molecule has 4 rings (SSSR count). The summed E-state index contributed by atoms with van der Waals surface area (Å²) < 4.78 is 11.1. The van der Waals surface area contributed by atoms with Gasteiger partial charge in [0.1, 0.15) is 19.8 Å². The number of benzene rings is 2. The van der Waals surface area contributed by atoms with E-state index >= 15 is 0 Å². The lowest BCUT2D eigenvalue weighted by Gasteiger charge is -2.22. The van der Waals surface area contributed by atoms with E-state index in [4.69, 9.17) is 14.7 Å². The molecule has 2 aromatic carbocycles. The fourth-order valence-electron chi connectivity index (χ4n) is 3.21. The Bertz CT molecular complexity index is 969. The van der Waals surface area contributed by atoms with Crippen molar-refractivity contribution >= 4 is 23.3 Å². The molecule has 3 amide bonds. The lowest BCUT2D eigenvalue weighted by atomic mass is 10.2. The molecule has 0 radical (unpaired) electrons. The molecule has 28 heavy (non-hydrogen) atoms. The van der Waals surface area contributed by atoms with E-state index in [1.807, 2.05) is 12.1 Å². The van der Waals surface area contributed by atoms with E-state index in [9.17, 15) is 9.59 Å². The van der Waals surface area contributed by atoms with E-state index in [-0.39, 0.29) is 18.5 Å². The van der Waals surface area contributed by atoms with E-state index < -0.39 is 0 Å². The van der Waals surface area contributed by atoms with Gasteiger partial charge in [-0.1, -0.05) is 6.07 Å². The Morgan fingerprint density at radius 3 is 2.75 bits per heavy atom. The number of hydrogen-bond acceptors (Lipinski definition) is 5. The number of rotatable bonds is 4. The normalized spacial score (nSPS) is 15.3. The van der Waals surface area contributed by atoms with Gasteiger partial charge in [0.25, 0.3) is 0 Å². The van der Waals surface area contributed by atoms with Gasteiger partial charge in [0.05, 0.1) is 11.6 Å². The van der Waals surface area contributed by atoms with Crippen LogP contribution in [0.15, 0.2) is 42.5 Å². The van der Waals surface area contributed by atoms with Crippen molar-refractivity contribution < 1.29 is 19.1 Å². The van der Waals surface area contributed by atoms with Crippen molar-refractivity contribution in [3.05, 3.63) is 48.0 Å². The number of urea groups is 1. The van der Waals surface area contributed by atoms with Crippen LogP contribution in [-0.2, 0) is 4.79 Å². The number of nitrogens with zero attached hydrogens (tertiary/aromatic N) is 3. The van der Waals surface area contributed by atoms with Crippen molar-refractivity contribution in [2.24, 2.45) is 0 Å². The Labute approximate surface area is 161 Å². The summed E-state index contributed by atoms with van der Waals surface area (Å²) >= 11 is 0. The van der Waals surface area contributed by atoms with Gasteiger partial charge in [-0.2, -0.15) is 5.26 Å². The molecule has 0 saturated carbocycles. The number of carbonyl (C=O) groups excluding carboxylic acids is 2. The quantitative estimate of drug-likeness (QED) is 0.880. The average molecular weight is 378 g/mol. The first kappa shape index (κ1) is 17.7. The van der Waals surface area contributed by atoms with Gasteiger partial charge < -0.3 is 19.7 Å². The first-order valence-corrected chi connectivity index (χ1v) is 8.90. The van der Waals surface area contributed by atoms with E-state index in [0.717, 1.165) is 0 Å². The molecule has 1 N–H and O–H groups in total. The van der Waals surface area contributed by atoms with Gasteiger partial charge in [0, 0.05) is 30.5 Å². The monoisotopic (exact) mass is 378 g/mol. The summed E-state index contributed by atoms with van der Waals surface area (Å²) in [6.45, 7) is 1.85. The number of anilines is 2. The van der Waals surface area contributed by atoms with E-state index in [1.165, 1.54) is 4.90 Å². The third kappa shape index (κ3) is 3.55. The molecule has 0 spiro atoms. The maximum absolute atomic E-state index is 12.7. The van der Waals surface area contributed by atoms with Crippen molar-refractivity contribution in [1.29, 1.82) is 5.26 Å². The van der Waals surface area contributed by atoms with Crippen LogP contribution < -0.4 is 19.7 Å². The fraction of sp³-hybridized carbons (Fsp3) is 0.250. The van der Waals surface area contributed by atoms with Crippen LogP contribution in [0.3, 0.4) is 0 Å². The predicted octanol–water partition coefficient (Wildman–Crippen LogP) is 2.21. The van der Waals surface area contributed by atoms with Crippen molar-refractivity contribution in [3.8, 4) is 17.6 Å². The van der Waals surface area contributed by atoms with E-state index in [1.54, 1.807) is 41.3 Å². The van der Waals surface area contributed by atoms with Crippen LogP contribution in [0, 0.1) is 11.3 Å². The second-order valence-electron chi connectivity index (χ2n) is 6.42. The highest BCUT2D eigenvalue weighted by Gasteiger charge is 2.31. The first-order valence-electron chi connectivity index (χ1n) is 8.90. The number of amides is 3. The first-order chi connectivity index (χ1) is 13.6. The third-order valence-electron chi connectivity index (χ3n) is 4.54. The number of hydrogen-bond donors (Lipinski definition) is 1. The van der Waals surface area contributed by atoms with Crippen molar-refractivity contribution in [1.82, 2.24) is 4.90 Å². The molecular weight excluding hydrogens is 360 g/mol. The minimum atomic E-state index is -0.313. The Morgan fingerprint density at radius 2 is 1.93 bits per heavy atom. The minimum Gasteiger partial charge on any atom is -0.486 e. The van der Waals surface area contributed by atoms with Crippen LogP contribution in [0.1, 0.15) is 5.56 Å². The smallest absolute Gasteiger partial charge is 0.325 e. The molecule has 8 nitrogen and oxygen atoms in total. The lowest BCUT2D eigenvalue weighted by molar-refractivity contribution is -0.116. The molecule has 0 atom stereocenters. The summed E-state index contributed by atoms with van der Waals surface area (Å²) in [4.78, 5) is 28.1. The summed E-state index contributed by atoms with van der Waals surface area (Å²) in [5, 5.41) is 11.7. The van der Waals surface area contributed by atoms with Crippen LogP contribution in [-0.4, -0.2) is 49.7 Å². The highest BCUT2D eigenvalue weighted by atomic mass is 16.6. The SMILES string of the molecule is N#Cc1cccc(NC(=O)CN2CCN(c3ccc4c(c3)OCCO4)C2=O)c1. The summed E-state index contributed by atoms with van der Waals surface area (Å²) in [5.41, 5.74) is 1.69. The summed E-state index contributed by atoms with van der Waals surface area (Å²) in [6.07, 6.45) is 0. The Hall–Kier alpha value is -3.73. The fourth-order valence-corrected chi connectivity index (χ4v) is 3.21. The molecule has 142 valence electrons. The standard InChI is InChI=1S/C20H18N4O4/c21-12-14-2-1-3-15(10-14)22-19(25)13-23-6-7-24(20(23)26)16-4-5-17-18(11-16)28-9-8-27-17/h1-5,10-11H,6-9,13H2,(H,22,25). The van der Waals surface area contributed by atoms with Gasteiger partial charge in [-0.15, -0.1) is 0 Å². The van der Waals surface area contributed by atoms with Crippen LogP contribution in [0.4, 0.5) is 16.2 Å². The molecule has 0 aromatic heterocycles. The number of nitrogens with one attached hydrogen (secondary N) is 1. The zero-order chi connectivity index (χ0) is 19.5. The highest BCUT2D eigenvalue weighted by Crippen LogP contribution is 2.35. The molecule has 2 aromatic rings. The maximum Gasteiger partial charge on any atom is 0.325 e. The Kier molecular flexibility index (Phi) is 4.72. The second-order valence-corrected chi connectivity index (χ2v) is 6.42. The molecule has 2 heterocycles. The molecular formula is C20H18N4O4. The number of nitriles is 1. The van der Waals surface area contributed by atoms with E-state index in [2.05, 4.69) is 5.32 Å². The molecule has 2 aliphatic rings. The van der Waals surface area contributed by atoms with Crippen LogP contribution in [0.5, 0.6) is 11.5 Å². The van der Waals surface area contributed by atoms with Gasteiger partial charge in [-0.3, -0.25) is 9.69 Å². The Morgan fingerprint density at radius 1 is 1.11 bits per heavy atom. The predicted molar refractivity (Wildman–Crippen MR) is 102 cm³/mol. The summed E-state index contributed by atoms with van der Waals surface area (Å²) in [6, 6.07) is 13.8. The summed E-state index contributed by atoms with van der Waals surface area (Å²) in [7, 11) is 0. The van der Waals surface area contributed by atoms with Crippen LogP contribution in [0.2, 0.25) is 0 Å².